The molecule has 1 aliphatic rings. The van der Waals surface area contributed by atoms with Crippen LogP contribution in [0.1, 0.15) is 30.4 Å². The largest absolute Gasteiger partial charge is 0.492 e. The molecule has 1 aromatic heterocycles. The molecule has 0 N–H and O–H groups in total. The molecular formula is C18H18FNO3S. The number of allylic oxidation sites excluding steroid dienone is 2. The molecule has 0 radical (unpaired) electrons. The molecule has 0 unspecified atom stereocenters. The maximum Gasteiger partial charge on any atom is 0.255 e. The van der Waals surface area contributed by atoms with E-state index in [1.807, 2.05) is 12.1 Å². The summed E-state index contributed by atoms with van der Waals surface area (Å²) in [4.78, 5) is 4.07. The van der Waals surface area contributed by atoms with E-state index < -0.39 is 15.8 Å². The van der Waals surface area contributed by atoms with Crippen LogP contribution in [0.15, 0.2) is 41.4 Å². The molecule has 126 valence electrons. The van der Waals surface area contributed by atoms with E-state index in [1.165, 1.54) is 19.6 Å². The molecule has 0 fully saturated rings. The third-order valence-electron chi connectivity index (χ3n) is 4.22. The van der Waals surface area contributed by atoms with E-state index in [0.717, 1.165) is 41.5 Å². The van der Waals surface area contributed by atoms with Crippen molar-refractivity contribution in [1.82, 2.24) is 4.98 Å². The molecule has 0 saturated heterocycles. The second-order valence-corrected chi connectivity index (χ2v) is 7.84. The molecule has 0 spiro atoms. The number of rotatable bonds is 4. The molecule has 0 aliphatic heterocycles. The van der Waals surface area contributed by atoms with Crippen molar-refractivity contribution in [3.05, 3.63) is 53.6 Å². The summed E-state index contributed by atoms with van der Waals surface area (Å²) >= 11 is 0. The third-order valence-corrected chi connectivity index (χ3v) is 5.35. The lowest BCUT2D eigenvalue weighted by Gasteiger charge is -2.10. The Morgan fingerprint density at radius 1 is 1.08 bits per heavy atom. The minimum Gasteiger partial charge on any atom is -0.492 e. The van der Waals surface area contributed by atoms with Gasteiger partial charge >= 0.3 is 0 Å². The van der Waals surface area contributed by atoms with Gasteiger partial charge in [0.15, 0.2) is 15.6 Å². The van der Waals surface area contributed by atoms with Crippen LogP contribution in [0.2, 0.25) is 0 Å². The standard InChI is InChI=1S/C18H18FNO3S/c1-23-17-10-13(11-20-18(17)19)16-5-3-4-15(16)12-6-8-14(9-7-12)24(2,21)22/h6-11H,3-5H2,1-2H3. The molecule has 1 aromatic carbocycles. The van der Waals surface area contributed by atoms with Crippen LogP contribution in [0, 0.1) is 5.95 Å². The van der Waals surface area contributed by atoms with Crippen molar-refractivity contribution >= 4 is 21.0 Å². The molecule has 2 aromatic rings. The number of nitrogens with zero attached hydrogens (tertiary/aromatic N) is 1. The number of benzene rings is 1. The van der Waals surface area contributed by atoms with E-state index in [2.05, 4.69) is 4.98 Å². The summed E-state index contributed by atoms with van der Waals surface area (Å²) in [6, 6.07) is 8.55. The normalized spacial score (nSPS) is 15.0. The summed E-state index contributed by atoms with van der Waals surface area (Å²) in [7, 11) is -1.79. The summed E-state index contributed by atoms with van der Waals surface area (Å²) in [6.07, 6.45) is 5.48. The fourth-order valence-corrected chi connectivity index (χ4v) is 3.65. The molecule has 3 rings (SSSR count). The molecule has 0 bridgehead atoms. The van der Waals surface area contributed by atoms with Crippen molar-refractivity contribution < 1.29 is 17.5 Å². The summed E-state index contributed by atoms with van der Waals surface area (Å²) in [5, 5.41) is 0. The van der Waals surface area contributed by atoms with Gasteiger partial charge in [-0.05, 0) is 54.2 Å². The number of hydrogen-bond acceptors (Lipinski definition) is 4. The lowest BCUT2D eigenvalue weighted by Crippen LogP contribution is -1.97. The second-order valence-electron chi connectivity index (χ2n) is 5.82. The average molecular weight is 347 g/mol. The van der Waals surface area contributed by atoms with Crippen molar-refractivity contribution in [1.29, 1.82) is 0 Å². The summed E-state index contributed by atoms with van der Waals surface area (Å²) < 4.78 is 41.7. The first-order valence-corrected chi connectivity index (χ1v) is 9.51. The van der Waals surface area contributed by atoms with Gasteiger partial charge in [-0.15, -0.1) is 0 Å². The van der Waals surface area contributed by atoms with Gasteiger partial charge in [0.05, 0.1) is 12.0 Å². The highest BCUT2D eigenvalue weighted by atomic mass is 32.2. The smallest absolute Gasteiger partial charge is 0.255 e. The zero-order chi connectivity index (χ0) is 17.3. The van der Waals surface area contributed by atoms with Crippen LogP contribution >= 0.6 is 0 Å². The van der Waals surface area contributed by atoms with Crippen molar-refractivity contribution in [2.24, 2.45) is 0 Å². The van der Waals surface area contributed by atoms with Crippen molar-refractivity contribution in [3.63, 3.8) is 0 Å². The van der Waals surface area contributed by atoms with Gasteiger partial charge in [-0.25, -0.2) is 13.4 Å². The van der Waals surface area contributed by atoms with Crippen LogP contribution < -0.4 is 4.74 Å². The third kappa shape index (κ3) is 3.19. The van der Waals surface area contributed by atoms with Gasteiger partial charge in [-0.2, -0.15) is 4.39 Å². The number of aromatic nitrogens is 1. The van der Waals surface area contributed by atoms with Gasteiger partial charge in [-0.3, -0.25) is 0 Å². The van der Waals surface area contributed by atoms with Crippen LogP contribution in [0.4, 0.5) is 4.39 Å². The minimum absolute atomic E-state index is 0.124. The Balaban J connectivity index is 2.04. The number of ether oxygens (including phenoxy) is 1. The maximum atomic E-state index is 13.5. The first-order valence-electron chi connectivity index (χ1n) is 7.62. The minimum atomic E-state index is -3.21. The van der Waals surface area contributed by atoms with E-state index in [4.69, 9.17) is 4.74 Å². The number of halogens is 1. The molecule has 1 heterocycles. The number of hydrogen-bond donors (Lipinski definition) is 0. The van der Waals surface area contributed by atoms with Gasteiger partial charge in [0, 0.05) is 18.0 Å². The Morgan fingerprint density at radius 3 is 2.29 bits per heavy atom. The number of sulfone groups is 1. The SMILES string of the molecule is COc1cc(C2=C(c3ccc(S(C)(=O)=O)cc3)CCC2)cnc1F. The molecule has 24 heavy (non-hydrogen) atoms. The van der Waals surface area contributed by atoms with Gasteiger partial charge < -0.3 is 4.74 Å². The molecular weight excluding hydrogens is 329 g/mol. The van der Waals surface area contributed by atoms with Crippen LogP contribution in [-0.4, -0.2) is 26.8 Å². The van der Waals surface area contributed by atoms with E-state index in [-0.39, 0.29) is 5.75 Å². The zero-order valence-corrected chi connectivity index (χ0v) is 14.4. The van der Waals surface area contributed by atoms with E-state index in [0.29, 0.717) is 4.90 Å². The Kier molecular flexibility index (Phi) is 4.41. The highest BCUT2D eigenvalue weighted by Crippen LogP contribution is 2.40. The topological polar surface area (TPSA) is 56.3 Å². The lowest BCUT2D eigenvalue weighted by atomic mass is 9.98. The van der Waals surface area contributed by atoms with Crippen molar-refractivity contribution in [2.75, 3.05) is 13.4 Å². The number of pyridine rings is 1. The fourth-order valence-electron chi connectivity index (χ4n) is 3.02. The molecule has 0 amide bonds. The van der Waals surface area contributed by atoms with E-state index in [9.17, 15) is 12.8 Å². The predicted molar refractivity (Wildman–Crippen MR) is 91.0 cm³/mol. The second kappa shape index (κ2) is 6.36. The molecule has 6 heteroatoms. The Labute approximate surface area is 140 Å². The molecule has 4 nitrogen and oxygen atoms in total. The first kappa shape index (κ1) is 16.6. The molecule has 1 aliphatic carbocycles. The fraction of sp³-hybridized carbons (Fsp3) is 0.278. The van der Waals surface area contributed by atoms with Crippen LogP contribution in [0.25, 0.3) is 11.1 Å². The first-order chi connectivity index (χ1) is 11.4. The van der Waals surface area contributed by atoms with Crippen LogP contribution in [-0.2, 0) is 9.84 Å². The van der Waals surface area contributed by atoms with Gasteiger partial charge in [0.1, 0.15) is 0 Å². The van der Waals surface area contributed by atoms with Crippen molar-refractivity contribution in [2.45, 2.75) is 24.2 Å². The Bertz CT molecular complexity index is 902. The highest BCUT2D eigenvalue weighted by Gasteiger charge is 2.20. The van der Waals surface area contributed by atoms with Crippen LogP contribution in [0.3, 0.4) is 0 Å². The lowest BCUT2D eigenvalue weighted by molar-refractivity contribution is 0.377. The predicted octanol–water partition coefficient (Wildman–Crippen LogP) is 3.73. The van der Waals surface area contributed by atoms with Gasteiger partial charge in [-0.1, -0.05) is 12.1 Å². The van der Waals surface area contributed by atoms with Gasteiger partial charge in [0.25, 0.3) is 5.95 Å². The number of methoxy groups -OCH3 is 1. The highest BCUT2D eigenvalue weighted by molar-refractivity contribution is 7.90. The maximum absolute atomic E-state index is 13.5. The average Bonchev–Trinajstić information content (AvgIpc) is 3.04. The summed E-state index contributed by atoms with van der Waals surface area (Å²) in [5.41, 5.74) is 4.07. The van der Waals surface area contributed by atoms with Crippen LogP contribution in [0.5, 0.6) is 5.75 Å². The zero-order valence-electron chi connectivity index (χ0n) is 13.5. The molecule has 0 atom stereocenters. The quantitative estimate of drug-likeness (QED) is 0.791. The Morgan fingerprint density at radius 2 is 1.71 bits per heavy atom. The Hall–Kier alpha value is -2.21. The van der Waals surface area contributed by atoms with E-state index >= 15 is 0 Å². The van der Waals surface area contributed by atoms with Crippen molar-refractivity contribution in [3.8, 4) is 5.75 Å². The monoisotopic (exact) mass is 347 g/mol. The summed E-state index contributed by atoms with van der Waals surface area (Å²) in [5.74, 6) is -0.502. The van der Waals surface area contributed by atoms with E-state index in [1.54, 1.807) is 18.2 Å². The van der Waals surface area contributed by atoms with Gasteiger partial charge in [0.2, 0.25) is 0 Å². The summed E-state index contributed by atoms with van der Waals surface area (Å²) in [6.45, 7) is 0. The molecule has 0 saturated carbocycles.